The number of hydrogen-bond acceptors (Lipinski definition) is 10. The highest BCUT2D eigenvalue weighted by Crippen LogP contribution is 2.20. The Hall–Kier alpha value is -4.46. The lowest BCUT2D eigenvalue weighted by Crippen LogP contribution is -2.42. The Kier molecular flexibility index (Phi) is 9.02. The standard InChI is InChI=1S/C24H27N5O8S/c1-3-36-20(30)12-11-19(23(33)37-4-2)26-21(31)14-5-8-16(9-6-14)38(34,35)29-15-7-10-18-17(13-15)22(32)28-24(25)27-18/h5-10,13,19,29H,3-4,11-12H2,1-2H3,(H,26,31)(H3,25,27,28,32)/t19-/m0/s1. The molecule has 14 heteroatoms. The van der Waals surface area contributed by atoms with Gasteiger partial charge in [-0.25, -0.2) is 18.2 Å². The molecule has 5 N–H and O–H groups in total. The number of carbonyl (C=O) groups excluding carboxylic acids is 3. The van der Waals surface area contributed by atoms with E-state index in [1.54, 1.807) is 13.8 Å². The van der Waals surface area contributed by atoms with Crippen LogP contribution in [0.15, 0.2) is 52.2 Å². The molecule has 3 aromatic rings. The van der Waals surface area contributed by atoms with Crippen LogP contribution in [-0.2, 0) is 29.1 Å². The zero-order valence-electron chi connectivity index (χ0n) is 20.6. The first kappa shape index (κ1) is 28.1. The van der Waals surface area contributed by atoms with Crippen molar-refractivity contribution < 1.29 is 32.3 Å². The van der Waals surface area contributed by atoms with Gasteiger partial charge in [-0.2, -0.15) is 0 Å². The van der Waals surface area contributed by atoms with Gasteiger partial charge in [0.05, 0.1) is 29.0 Å². The number of nitrogens with zero attached hydrogens (tertiary/aromatic N) is 1. The fraction of sp³-hybridized carbons (Fsp3) is 0.292. The maximum absolute atomic E-state index is 12.9. The van der Waals surface area contributed by atoms with E-state index < -0.39 is 39.5 Å². The number of H-pyrrole nitrogens is 1. The van der Waals surface area contributed by atoms with Crippen LogP contribution in [-0.4, -0.2) is 55.5 Å². The van der Waals surface area contributed by atoms with Crippen molar-refractivity contribution in [3.8, 4) is 0 Å². The minimum Gasteiger partial charge on any atom is -0.466 e. The van der Waals surface area contributed by atoms with Crippen molar-refractivity contribution in [1.82, 2.24) is 15.3 Å². The van der Waals surface area contributed by atoms with E-state index in [1.807, 2.05) is 0 Å². The molecule has 0 unspecified atom stereocenters. The van der Waals surface area contributed by atoms with Gasteiger partial charge in [-0.05, 0) is 62.7 Å². The predicted molar refractivity (Wildman–Crippen MR) is 138 cm³/mol. The van der Waals surface area contributed by atoms with Gasteiger partial charge in [-0.3, -0.25) is 24.1 Å². The first-order valence-corrected chi connectivity index (χ1v) is 13.1. The number of aromatic nitrogens is 2. The molecule has 1 heterocycles. The number of anilines is 2. The van der Waals surface area contributed by atoms with Crippen molar-refractivity contribution in [1.29, 1.82) is 0 Å². The summed E-state index contributed by atoms with van der Waals surface area (Å²) in [6.07, 6.45) is -0.138. The highest BCUT2D eigenvalue weighted by molar-refractivity contribution is 7.92. The van der Waals surface area contributed by atoms with Crippen LogP contribution >= 0.6 is 0 Å². The Labute approximate surface area is 217 Å². The van der Waals surface area contributed by atoms with Gasteiger partial charge >= 0.3 is 11.9 Å². The number of nitrogens with two attached hydrogens (primary N) is 1. The van der Waals surface area contributed by atoms with E-state index in [1.165, 1.54) is 42.5 Å². The molecule has 0 saturated carbocycles. The van der Waals surface area contributed by atoms with Gasteiger partial charge in [0.2, 0.25) is 5.95 Å². The molecule has 0 spiro atoms. The van der Waals surface area contributed by atoms with Crippen molar-refractivity contribution in [2.24, 2.45) is 0 Å². The number of nitrogens with one attached hydrogen (secondary N) is 3. The molecule has 3 rings (SSSR count). The van der Waals surface area contributed by atoms with Gasteiger partial charge in [0.1, 0.15) is 6.04 Å². The second-order valence-corrected chi connectivity index (χ2v) is 9.62. The smallest absolute Gasteiger partial charge is 0.328 e. The summed E-state index contributed by atoms with van der Waals surface area (Å²) < 4.78 is 37.9. The second-order valence-electron chi connectivity index (χ2n) is 7.93. The van der Waals surface area contributed by atoms with Gasteiger partial charge < -0.3 is 20.5 Å². The van der Waals surface area contributed by atoms with Crippen molar-refractivity contribution in [3.63, 3.8) is 0 Å². The molecular formula is C24H27N5O8S. The molecule has 1 aromatic heterocycles. The number of carbonyl (C=O) groups is 3. The van der Waals surface area contributed by atoms with Crippen molar-refractivity contribution in [3.05, 3.63) is 58.4 Å². The minimum absolute atomic E-state index is 0.0313. The Morgan fingerprint density at radius 1 is 1.05 bits per heavy atom. The van der Waals surface area contributed by atoms with Gasteiger partial charge in [-0.15, -0.1) is 0 Å². The van der Waals surface area contributed by atoms with Crippen molar-refractivity contribution >= 4 is 50.4 Å². The quantitative estimate of drug-likeness (QED) is 0.255. The lowest BCUT2D eigenvalue weighted by molar-refractivity contribution is -0.146. The molecule has 0 aliphatic rings. The Bertz CT molecular complexity index is 1500. The molecule has 1 amide bonds. The highest BCUT2D eigenvalue weighted by atomic mass is 32.2. The average molecular weight is 546 g/mol. The van der Waals surface area contributed by atoms with Gasteiger partial charge in [-0.1, -0.05) is 0 Å². The minimum atomic E-state index is -4.08. The lowest BCUT2D eigenvalue weighted by Gasteiger charge is -2.17. The lowest BCUT2D eigenvalue weighted by atomic mass is 10.1. The molecular weight excluding hydrogens is 518 g/mol. The van der Waals surface area contributed by atoms with E-state index in [0.717, 1.165) is 0 Å². The number of esters is 2. The molecule has 13 nitrogen and oxygen atoms in total. The summed E-state index contributed by atoms with van der Waals surface area (Å²) in [5, 5.41) is 2.65. The third-order valence-electron chi connectivity index (χ3n) is 5.22. The van der Waals surface area contributed by atoms with Crippen LogP contribution in [0.4, 0.5) is 11.6 Å². The number of sulfonamides is 1. The van der Waals surface area contributed by atoms with E-state index in [0.29, 0.717) is 5.52 Å². The van der Waals surface area contributed by atoms with Gasteiger partial charge in [0, 0.05) is 17.7 Å². The number of nitrogen functional groups attached to an aromatic ring is 1. The summed E-state index contributed by atoms with van der Waals surface area (Å²) in [5.74, 6) is -1.95. The van der Waals surface area contributed by atoms with Crippen LogP contribution < -0.4 is 21.3 Å². The average Bonchev–Trinajstić information content (AvgIpc) is 2.87. The van der Waals surface area contributed by atoms with E-state index >= 15 is 0 Å². The van der Waals surface area contributed by atoms with Crippen LogP contribution in [0, 0.1) is 0 Å². The zero-order chi connectivity index (χ0) is 27.9. The van der Waals surface area contributed by atoms with Crippen LogP contribution in [0.5, 0.6) is 0 Å². The molecule has 0 aliphatic carbocycles. The summed E-state index contributed by atoms with van der Waals surface area (Å²) in [6.45, 7) is 3.53. The van der Waals surface area contributed by atoms with E-state index in [2.05, 4.69) is 20.0 Å². The maximum Gasteiger partial charge on any atom is 0.328 e. The highest BCUT2D eigenvalue weighted by Gasteiger charge is 2.24. The Morgan fingerprint density at radius 3 is 2.39 bits per heavy atom. The number of ether oxygens (including phenoxy) is 2. The molecule has 0 bridgehead atoms. The SMILES string of the molecule is CCOC(=O)CC[C@H](NC(=O)c1ccc(S(=O)(=O)Nc2ccc3nc(N)[nH]c(=O)c3c2)cc1)C(=O)OCC. The van der Waals surface area contributed by atoms with Crippen LogP contribution in [0.1, 0.15) is 37.0 Å². The molecule has 38 heavy (non-hydrogen) atoms. The Balaban J connectivity index is 1.73. The topological polar surface area (TPSA) is 200 Å². The normalized spacial score (nSPS) is 11.9. The number of aromatic amines is 1. The molecule has 0 saturated heterocycles. The number of fused-ring (bicyclic) bond motifs is 1. The third kappa shape index (κ3) is 7.06. The first-order valence-electron chi connectivity index (χ1n) is 11.6. The molecule has 202 valence electrons. The monoisotopic (exact) mass is 545 g/mol. The first-order chi connectivity index (χ1) is 18.0. The summed E-state index contributed by atoms with van der Waals surface area (Å²) in [6, 6.07) is 8.08. The fourth-order valence-electron chi connectivity index (χ4n) is 3.45. The second kappa shape index (κ2) is 12.2. The number of rotatable bonds is 11. The summed E-state index contributed by atoms with van der Waals surface area (Å²) >= 11 is 0. The predicted octanol–water partition coefficient (Wildman–Crippen LogP) is 1.31. The Morgan fingerprint density at radius 2 is 1.74 bits per heavy atom. The maximum atomic E-state index is 12.9. The van der Waals surface area contributed by atoms with Gasteiger partial charge in [0.15, 0.2) is 0 Å². The molecule has 2 aromatic carbocycles. The fourth-order valence-corrected chi connectivity index (χ4v) is 4.50. The summed E-state index contributed by atoms with van der Waals surface area (Å²) in [7, 11) is -4.08. The molecule has 0 radical (unpaired) electrons. The number of amides is 1. The summed E-state index contributed by atoms with van der Waals surface area (Å²) in [5.41, 5.74) is 5.50. The third-order valence-corrected chi connectivity index (χ3v) is 6.62. The molecule has 0 aliphatic heterocycles. The molecule has 0 fully saturated rings. The van der Waals surface area contributed by atoms with Crippen LogP contribution in [0.25, 0.3) is 10.9 Å². The summed E-state index contributed by atoms with van der Waals surface area (Å²) in [4.78, 5) is 54.9. The van der Waals surface area contributed by atoms with E-state index in [9.17, 15) is 27.6 Å². The van der Waals surface area contributed by atoms with Crippen LogP contribution in [0.3, 0.4) is 0 Å². The van der Waals surface area contributed by atoms with Crippen molar-refractivity contribution in [2.75, 3.05) is 23.7 Å². The van der Waals surface area contributed by atoms with Gasteiger partial charge in [0.25, 0.3) is 21.5 Å². The van der Waals surface area contributed by atoms with E-state index in [4.69, 9.17) is 15.2 Å². The number of benzene rings is 2. The van der Waals surface area contributed by atoms with E-state index in [-0.39, 0.29) is 53.5 Å². The molecule has 1 atom stereocenters. The number of hydrogen-bond donors (Lipinski definition) is 4. The van der Waals surface area contributed by atoms with Crippen LogP contribution in [0.2, 0.25) is 0 Å². The largest absolute Gasteiger partial charge is 0.466 e. The van der Waals surface area contributed by atoms with Crippen molar-refractivity contribution in [2.45, 2.75) is 37.6 Å². The zero-order valence-corrected chi connectivity index (χ0v) is 21.5.